The van der Waals surface area contributed by atoms with Crippen LogP contribution in [0, 0.1) is 5.82 Å². The third-order valence-corrected chi connectivity index (χ3v) is 4.30. The highest BCUT2D eigenvalue weighted by Crippen LogP contribution is 2.47. The molecule has 0 spiro atoms. The Kier molecular flexibility index (Phi) is 10.3. The number of guanidine groups is 1. The number of nitrogens with zero attached hydrogens (tertiary/aromatic N) is 1. The first kappa shape index (κ1) is 22.1. The van der Waals surface area contributed by atoms with Crippen LogP contribution in [0.5, 0.6) is 0 Å². The minimum atomic E-state index is -0.172. The Hall–Kier alpha value is -0.930. The van der Waals surface area contributed by atoms with Gasteiger partial charge in [-0.15, -0.1) is 24.0 Å². The van der Waals surface area contributed by atoms with Gasteiger partial charge >= 0.3 is 0 Å². The highest BCUT2D eigenvalue weighted by molar-refractivity contribution is 14.0. The molecule has 0 saturated heterocycles. The van der Waals surface area contributed by atoms with Crippen molar-refractivity contribution in [1.82, 2.24) is 10.6 Å². The lowest BCUT2D eigenvalue weighted by atomic mass is 9.96. The van der Waals surface area contributed by atoms with E-state index in [1.165, 1.54) is 6.07 Å². The molecule has 142 valence electrons. The van der Waals surface area contributed by atoms with E-state index in [1.54, 1.807) is 26.3 Å². The molecule has 1 aromatic rings. The van der Waals surface area contributed by atoms with Gasteiger partial charge in [0.15, 0.2) is 5.96 Å². The van der Waals surface area contributed by atoms with E-state index in [0.29, 0.717) is 19.8 Å². The fraction of sp³-hybridized carbons (Fsp3) is 0.611. The van der Waals surface area contributed by atoms with Crippen LogP contribution in [0.2, 0.25) is 0 Å². The average Bonchev–Trinajstić information content (AvgIpc) is 3.38. The third-order valence-electron chi connectivity index (χ3n) is 4.30. The molecule has 0 aliphatic heterocycles. The van der Waals surface area contributed by atoms with E-state index in [2.05, 4.69) is 15.6 Å². The first-order valence-corrected chi connectivity index (χ1v) is 8.47. The summed E-state index contributed by atoms with van der Waals surface area (Å²) in [5.41, 5.74) is 1.11. The Bertz CT molecular complexity index is 539. The Morgan fingerprint density at radius 2 is 2.04 bits per heavy atom. The molecule has 7 heteroatoms. The smallest absolute Gasteiger partial charge is 0.191 e. The van der Waals surface area contributed by atoms with E-state index in [1.807, 2.05) is 6.07 Å². The predicted molar refractivity (Wildman–Crippen MR) is 109 cm³/mol. The van der Waals surface area contributed by atoms with Gasteiger partial charge in [-0.25, -0.2) is 4.39 Å². The number of nitrogens with one attached hydrogen (secondary N) is 2. The van der Waals surface area contributed by atoms with Gasteiger partial charge in [0.25, 0.3) is 0 Å². The highest BCUT2D eigenvalue weighted by Gasteiger charge is 2.44. The molecule has 1 aromatic carbocycles. The molecule has 0 heterocycles. The number of benzene rings is 1. The summed E-state index contributed by atoms with van der Waals surface area (Å²) in [6, 6.07) is 6.91. The normalized spacial score (nSPS) is 15.4. The lowest BCUT2D eigenvalue weighted by molar-refractivity contribution is 0.0698. The summed E-state index contributed by atoms with van der Waals surface area (Å²) in [6.07, 6.45) is 3.06. The largest absolute Gasteiger partial charge is 0.382 e. The molecule has 25 heavy (non-hydrogen) atoms. The molecule has 0 aromatic heterocycles. The van der Waals surface area contributed by atoms with E-state index < -0.39 is 0 Å². The van der Waals surface area contributed by atoms with Crippen molar-refractivity contribution >= 4 is 29.9 Å². The molecular formula is C18H29FIN3O2. The molecule has 2 N–H and O–H groups in total. The lowest BCUT2D eigenvalue weighted by Gasteiger charge is -2.19. The maximum absolute atomic E-state index is 13.4. The van der Waals surface area contributed by atoms with Gasteiger partial charge in [0.05, 0.1) is 13.2 Å². The summed E-state index contributed by atoms with van der Waals surface area (Å²) in [4.78, 5) is 4.24. The second-order valence-corrected chi connectivity index (χ2v) is 6.10. The fourth-order valence-corrected chi connectivity index (χ4v) is 2.64. The number of halogens is 2. The summed E-state index contributed by atoms with van der Waals surface area (Å²) in [5, 5.41) is 6.63. The first-order chi connectivity index (χ1) is 11.7. The molecule has 2 rings (SSSR count). The number of ether oxygens (including phenoxy) is 2. The minimum absolute atomic E-state index is 0. The molecule has 0 amide bonds. The van der Waals surface area contributed by atoms with Gasteiger partial charge < -0.3 is 20.1 Å². The van der Waals surface area contributed by atoms with E-state index in [0.717, 1.165) is 43.9 Å². The van der Waals surface area contributed by atoms with Crippen molar-refractivity contribution in [3.05, 3.63) is 35.6 Å². The number of aliphatic imine (C=N–C) groups is 1. The zero-order chi connectivity index (χ0) is 17.3. The molecule has 0 unspecified atom stereocenters. The molecule has 0 atom stereocenters. The van der Waals surface area contributed by atoms with Gasteiger partial charge in [-0.05, 0) is 37.0 Å². The molecule has 0 radical (unpaired) electrons. The van der Waals surface area contributed by atoms with E-state index in [4.69, 9.17) is 9.47 Å². The van der Waals surface area contributed by atoms with Gasteiger partial charge in [-0.2, -0.15) is 0 Å². The third kappa shape index (κ3) is 7.45. The first-order valence-electron chi connectivity index (χ1n) is 8.47. The standard InChI is InChI=1S/C18H28FN3O2.HI/c1-20-17(21-9-4-10-24-12-11-23-2)22-14-18(7-8-18)15-5-3-6-16(19)13-15;/h3,5-6,13H,4,7-12,14H2,1-2H3,(H2,20,21,22);1H. The van der Waals surface area contributed by atoms with Crippen LogP contribution in [0.25, 0.3) is 0 Å². The maximum Gasteiger partial charge on any atom is 0.191 e. The molecule has 1 aliphatic rings. The van der Waals surface area contributed by atoms with Crippen LogP contribution in [0.4, 0.5) is 4.39 Å². The van der Waals surface area contributed by atoms with E-state index >= 15 is 0 Å². The molecule has 1 aliphatic carbocycles. The Labute approximate surface area is 166 Å². The summed E-state index contributed by atoms with van der Waals surface area (Å²) in [5.74, 6) is 0.601. The van der Waals surface area contributed by atoms with Crippen LogP contribution >= 0.6 is 24.0 Å². The fourth-order valence-electron chi connectivity index (χ4n) is 2.64. The van der Waals surface area contributed by atoms with Crippen LogP contribution in [-0.4, -0.2) is 53.0 Å². The summed E-state index contributed by atoms with van der Waals surface area (Å²) in [7, 11) is 3.42. The molecule has 1 saturated carbocycles. The molecule has 5 nitrogen and oxygen atoms in total. The summed E-state index contributed by atoms with van der Waals surface area (Å²) in [6.45, 7) is 3.50. The second kappa shape index (κ2) is 11.6. The highest BCUT2D eigenvalue weighted by atomic mass is 127. The minimum Gasteiger partial charge on any atom is -0.382 e. The Morgan fingerprint density at radius 1 is 1.24 bits per heavy atom. The Morgan fingerprint density at radius 3 is 2.68 bits per heavy atom. The second-order valence-electron chi connectivity index (χ2n) is 6.10. The number of hydrogen-bond acceptors (Lipinski definition) is 3. The van der Waals surface area contributed by atoms with Crippen molar-refractivity contribution in [3.8, 4) is 0 Å². The number of rotatable bonds is 10. The lowest BCUT2D eigenvalue weighted by Crippen LogP contribution is -2.41. The van der Waals surface area contributed by atoms with E-state index in [-0.39, 0.29) is 35.2 Å². The summed E-state index contributed by atoms with van der Waals surface area (Å²) >= 11 is 0. The summed E-state index contributed by atoms with van der Waals surface area (Å²) < 4.78 is 23.8. The predicted octanol–water partition coefficient (Wildman–Crippen LogP) is 2.69. The van der Waals surface area contributed by atoms with Gasteiger partial charge in [-0.3, -0.25) is 4.99 Å². The SMILES string of the molecule is CN=C(NCCCOCCOC)NCC1(c2cccc(F)c2)CC1.I. The van der Waals surface area contributed by atoms with Gasteiger partial charge in [-0.1, -0.05) is 12.1 Å². The van der Waals surface area contributed by atoms with Crippen LogP contribution in [-0.2, 0) is 14.9 Å². The zero-order valence-corrected chi connectivity index (χ0v) is 17.3. The van der Waals surface area contributed by atoms with Crippen LogP contribution in [0.15, 0.2) is 29.3 Å². The quantitative estimate of drug-likeness (QED) is 0.242. The molecule has 1 fully saturated rings. The maximum atomic E-state index is 13.4. The average molecular weight is 465 g/mol. The zero-order valence-electron chi connectivity index (χ0n) is 15.0. The monoisotopic (exact) mass is 465 g/mol. The van der Waals surface area contributed by atoms with Crippen molar-refractivity contribution in [1.29, 1.82) is 0 Å². The van der Waals surface area contributed by atoms with Crippen molar-refractivity contribution in [2.24, 2.45) is 4.99 Å². The van der Waals surface area contributed by atoms with Gasteiger partial charge in [0, 0.05) is 39.3 Å². The van der Waals surface area contributed by atoms with Crippen molar-refractivity contribution < 1.29 is 13.9 Å². The van der Waals surface area contributed by atoms with Crippen LogP contribution in [0.1, 0.15) is 24.8 Å². The van der Waals surface area contributed by atoms with Crippen molar-refractivity contribution in [2.45, 2.75) is 24.7 Å². The number of methoxy groups -OCH3 is 1. The van der Waals surface area contributed by atoms with Gasteiger partial charge in [0.2, 0.25) is 0 Å². The molecule has 0 bridgehead atoms. The van der Waals surface area contributed by atoms with E-state index in [9.17, 15) is 4.39 Å². The van der Waals surface area contributed by atoms with Crippen molar-refractivity contribution in [2.75, 3.05) is 47.1 Å². The van der Waals surface area contributed by atoms with Crippen molar-refractivity contribution in [3.63, 3.8) is 0 Å². The molecular weight excluding hydrogens is 436 g/mol. The van der Waals surface area contributed by atoms with Gasteiger partial charge in [0.1, 0.15) is 5.82 Å². The topological polar surface area (TPSA) is 54.9 Å². The van der Waals surface area contributed by atoms with Crippen LogP contribution < -0.4 is 10.6 Å². The van der Waals surface area contributed by atoms with Crippen LogP contribution in [0.3, 0.4) is 0 Å². The number of hydrogen-bond donors (Lipinski definition) is 2. The Balaban J connectivity index is 0.00000312.